The number of Topliss-reactive ketones (excluding diaryl/α,β-unsaturated/α-hetero) is 2. The maximum absolute atomic E-state index is 12.1. The van der Waals surface area contributed by atoms with Gasteiger partial charge in [-0.05, 0) is 58.8 Å². The number of rotatable bonds is 18. The number of unbranched alkanes of at least 4 members (excludes halogenated alkanes) is 3. The number of hydrogen-bond acceptors (Lipinski definition) is 9. The second-order valence-corrected chi connectivity index (χ2v) is 10.8. The summed E-state index contributed by atoms with van der Waals surface area (Å²) in [5.74, 6) is 0.277. The van der Waals surface area contributed by atoms with Crippen molar-refractivity contribution in [1.82, 2.24) is 20.4 Å². The summed E-state index contributed by atoms with van der Waals surface area (Å²) in [4.78, 5) is 35.0. The lowest BCUT2D eigenvalue weighted by Crippen LogP contribution is -2.11. The first-order valence-corrected chi connectivity index (χ1v) is 13.5. The molecule has 0 fully saturated rings. The Morgan fingerprint density at radius 2 is 1.32 bits per heavy atom. The summed E-state index contributed by atoms with van der Waals surface area (Å²) in [5.41, 5.74) is 1.16. The SMILES string of the molecule is C=C(C)CCCCC(=O)Cc1nnc(CCCCc2nnc(NC(=O)CCCCC(C)=O)s2)s1. The molecule has 0 saturated heterocycles. The summed E-state index contributed by atoms with van der Waals surface area (Å²) >= 11 is 2.92. The van der Waals surface area contributed by atoms with E-state index in [0.29, 0.717) is 37.2 Å². The lowest BCUT2D eigenvalue weighted by atomic mass is 10.1. The molecule has 0 atom stereocenters. The summed E-state index contributed by atoms with van der Waals surface area (Å²) in [6, 6.07) is 0. The van der Waals surface area contributed by atoms with Gasteiger partial charge in [-0.15, -0.1) is 38.3 Å². The normalized spacial score (nSPS) is 10.9. The minimum absolute atomic E-state index is 0.0938. The van der Waals surface area contributed by atoms with Crippen molar-refractivity contribution < 1.29 is 14.4 Å². The molecule has 2 aromatic heterocycles. The highest BCUT2D eigenvalue weighted by Crippen LogP contribution is 2.19. The largest absolute Gasteiger partial charge is 0.301 e. The number of anilines is 1. The van der Waals surface area contributed by atoms with Crippen molar-refractivity contribution in [3.63, 3.8) is 0 Å². The molecule has 0 radical (unpaired) electrons. The van der Waals surface area contributed by atoms with Crippen LogP contribution in [0.25, 0.3) is 0 Å². The first-order valence-electron chi connectivity index (χ1n) is 11.9. The van der Waals surface area contributed by atoms with Crippen molar-refractivity contribution in [2.45, 2.75) is 97.3 Å². The Morgan fingerprint density at radius 1 is 0.735 bits per heavy atom. The number of nitrogens with zero attached hydrogens (tertiary/aromatic N) is 4. The topological polar surface area (TPSA) is 115 Å². The summed E-state index contributed by atoms with van der Waals surface area (Å²) in [5, 5.41) is 22.5. The number of carbonyl (C=O) groups excluding carboxylic acids is 3. The number of allylic oxidation sites excluding steroid dienone is 1. The Morgan fingerprint density at radius 3 is 2.03 bits per heavy atom. The van der Waals surface area contributed by atoms with Crippen LogP contribution < -0.4 is 5.32 Å². The maximum Gasteiger partial charge on any atom is 0.226 e. The van der Waals surface area contributed by atoms with Crippen LogP contribution in [0.2, 0.25) is 0 Å². The number of aryl methyl sites for hydroxylation is 2. The Hall–Kier alpha value is -2.33. The number of nitrogens with one attached hydrogen (secondary N) is 1. The summed E-state index contributed by atoms with van der Waals surface area (Å²) in [7, 11) is 0. The minimum Gasteiger partial charge on any atom is -0.301 e. The molecule has 186 valence electrons. The van der Waals surface area contributed by atoms with E-state index in [1.807, 2.05) is 6.92 Å². The number of ketones is 2. The smallest absolute Gasteiger partial charge is 0.226 e. The van der Waals surface area contributed by atoms with Crippen LogP contribution in [0, 0.1) is 0 Å². The molecule has 0 aromatic carbocycles. The van der Waals surface area contributed by atoms with Crippen LogP contribution in [0.5, 0.6) is 0 Å². The van der Waals surface area contributed by atoms with Gasteiger partial charge >= 0.3 is 0 Å². The molecule has 0 aliphatic heterocycles. The predicted octanol–water partition coefficient (Wildman–Crippen LogP) is 5.29. The molecule has 0 unspecified atom stereocenters. The van der Waals surface area contributed by atoms with E-state index in [2.05, 4.69) is 32.3 Å². The van der Waals surface area contributed by atoms with Gasteiger partial charge in [0.2, 0.25) is 11.0 Å². The second-order valence-electron chi connectivity index (χ2n) is 8.63. The molecule has 2 rings (SSSR count). The average molecular weight is 506 g/mol. The van der Waals surface area contributed by atoms with Gasteiger partial charge < -0.3 is 10.1 Å². The molecule has 0 saturated carbocycles. The summed E-state index contributed by atoms with van der Waals surface area (Å²) < 4.78 is 0. The summed E-state index contributed by atoms with van der Waals surface area (Å²) in [6.07, 6.45) is 9.66. The Bertz CT molecular complexity index is 878. The predicted molar refractivity (Wildman–Crippen MR) is 136 cm³/mol. The molecule has 0 spiro atoms. The van der Waals surface area contributed by atoms with Crippen LogP contribution in [0.1, 0.15) is 93.1 Å². The molecule has 0 aliphatic carbocycles. The van der Waals surface area contributed by atoms with E-state index in [-0.39, 0.29) is 17.5 Å². The van der Waals surface area contributed by atoms with Gasteiger partial charge in [0.25, 0.3) is 0 Å². The van der Waals surface area contributed by atoms with Crippen molar-refractivity contribution in [3.8, 4) is 0 Å². The average Bonchev–Trinajstić information content (AvgIpc) is 3.41. The quantitative estimate of drug-likeness (QED) is 0.216. The van der Waals surface area contributed by atoms with E-state index in [1.165, 1.54) is 22.7 Å². The molecule has 2 aromatic rings. The fourth-order valence-corrected chi connectivity index (χ4v) is 4.98. The summed E-state index contributed by atoms with van der Waals surface area (Å²) in [6.45, 7) is 7.46. The highest BCUT2D eigenvalue weighted by Gasteiger charge is 2.11. The van der Waals surface area contributed by atoms with Crippen molar-refractivity contribution in [2.24, 2.45) is 0 Å². The number of amides is 1. The molecule has 1 N–H and O–H groups in total. The molecule has 8 nitrogen and oxygen atoms in total. The van der Waals surface area contributed by atoms with E-state index in [9.17, 15) is 14.4 Å². The van der Waals surface area contributed by atoms with Gasteiger partial charge in [-0.3, -0.25) is 9.59 Å². The van der Waals surface area contributed by atoms with Crippen LogP contribution in [0.15, 0.2) is 12.2 Å². The van der Waals surface area contributed by atoms with Gasteiger partial charge in [-0.1, -0.05) is 16.9 Å². The molecule has 1 amide bonds. The highest BCUT2D eigenvalue weighted by atomic mass is 32.1. The van der Waals surface area contributed by atoms with Crippen LogP contribution in [0.4, 0.5) is 5.13 Å². The van der Waals surface area contributed by atoms with Crippen LogP contribution in [-0.4, -0.2) is 37.9 Å². The first kappa shape index (κ1) is 27.9. The molecular weight excluding hydrogens is 470 g/mol. The third-order valence-electron chi connectivity index (χ3n) is 5.09. The van der Waals surface area contributed by atoms with Gasteiger partial charge in [-0.2, -0.15) is 0 Å². The third kappa shape index (κ3) is 12.2. The highest BCUT2D eigenvalue weighted by molar-refractivity contribution is 7.15. The number of carbonyl (C=O) groups is 3. The van der Waals surface area contributed by atoms with Gasteiger partial charge in [0.1, 0.15) is 26.6 Å². The van der Waals surface area contributed by atoms with Crippen molar-refractivity contribution in [2.75, 3.05) is 5.32 Å². The lowest BCUT2D eigenvalue weighted by Gasteiger charge is -2.00. The van der Waals surface area contributed by atoms with Gasteiger partial charge in [0.15, 0.2) is 0 Å². The Kier molecular flexibility index (Phi) is 12.8. The minimum atomic E-state index is -0.0938. The molecule has 10 heteroatoms. The van der Waals surface area contributed by atoms with Crippen LogP contribution >= 0.6 is 22.7 Å². The van der Waals surface area contributed by atoms with E-state index >= 15 is 0 Å². The third-order valence-corrected chi connectivity index (χ3v) is 6.97. The number of aromatic nitrogens is 4. The molecule has 2 heterocycles. The van der Waals surface area contributed by atoms with E-state index in [4.69, 9.17) is 0 Å². The molecule has 0 aliphatic rings. The fourth-order valence-electron chi connectivity index (χ4n) is 3.27. The maximum atomic E-state index is 12.1. The standard InChI is InChI=1S/C24H35N5O3S2/c1-17(2)10-4-6-12-19(31)16-23-28-26-21(33-23)14-8-9-15-22-27-29-24(34-22)25-20(32)13-7-5-11-18(3)30/h1,4-16H2,2-3H3,(H,25,29,32). The second kappa shape index (κ2) is 15.5. The fraction of sp³-hybridized carbons (Fsp3) is 0.625. The monoisotopic (exact) mass is 505 g/mol. The van der Waals surface area contributed by atoms with E-state index in [1.54, 1.807) is 6.92 Å². The molecule has 34 heavy (non-hydrogen) atoms. The Labute approximate surface area is 209 Å². The first-order chi connectivity index (χ1) is 16.3. The zero-order chi connectivity index (χ0) is 24.8. The van der Waals surface area contributed by atoms with Gasteiger partial charge in [0.05, 0.1) is 6.42 Å². The zero-order valence-electron chi connectivity index (χ0n) is 20.2. The van der Waals surface area contributed by atoms with Crippen LogP contribution in [-0.2, 0) is 33.6 Å². The van der Waals surface area contributed by atoms with Gasteiger partial charge in [-0.25, -0.2) is 0 Å². The molecule has 0 bridgehead atoms. The van der Waals surface area contributed by atoms with Crippen molar-refractivity contribution in [3.05, 3.63) is 27.2 Å². The lowest BCUT2D eigenvalue weighted by molar-refractivity contribution is -0.118. The molecular formula is C24H35N5O3S2. The van der Waals surface area contributed by atoms with Crippen molar-refractivity contribution in [1.29, 1.82) is 0 Å². The van der Waals surface area contributed by atoms with Gasteiger partial charge in [0, 0.05) is 32.1 Å². The van der Waals surface area contributed by atoms with Crippen molar-refractivity contribution >= 4 is 45.3 Å². The van der Waals surface area contributed by atoms with E-state index in [0.717, 1.165) is 72.0 Å². The van der Waals surface area contributed by atoms with E-state index < -0.39 is 0 Å². The zero-order valence-corrected chi connectivity index (χ0v) is 21.9. The van der Waals surface area contributed by atoms with Crippen LogP contribution in [0.3, 0.4) is 0 Å². The Balaban J connectivity index is 1.60. The number of hydrogen-bond donors (Lipinski definition) is 1.